The molecule has 0 radical (unpaired) electrons. The summed E-state index contributed by atoms with van der Waals surface area (Å²) in [5.41, 5.74) is 2.76. The summed E-state index contributed by atoms with van der Waals surface area (Å²) in [5.74, 6) is 2.32. The fourth-order valence-electron chi connectivity index (χ4n) is 4.44. The van der Waals surface area contributed by atoms with Crippen LogP contribution in [0.2, 0.25) is 0 Å². The molecule has 7 nitrogen and oxygen atoms in total. The van der Waals surface area contributed by atoms with Crippen LogP contribution in [0.5, 0.6) is 0 Å². The van der Waals surface area contributed by atoms with Gasteiger partial charge in [-0.05, 0) is 45.4 Å². The third kappa shape index (κ3) is 3.38. The molecule has 1 atom stereocenters. The lowest BCUT2D eigenvalue weighted by Crippen LogP contribution is -2.40. The number of hydrogen-bond acceptors (Lipinski definition) is 6. The van der Waals surface area contributed by atoms with Crippen molar-refractivity contribution in [1.29, 1.82) is 0 Å². The highest BCUT2D eigenvalue weighted by Gasteiger charge is 2.36. The highest BCUT2D eigenvalue weighted by molar-refractivity contribution is 5.81. The van der Waals surface area contributed by atoms with Crippen molar-refractivity contribution in [3.8, 4) is 11.3 Å². The van der Waals surface area contributed by atoms with Gasteiger partial charge in [0.05, 0.1) is 17.0 Å². The molecule has 3 aliphatic rings. The van der Waals surface area contributed by atoms with Crippen LogP contribution >= 0.6 is 0 Å². The van der Waals surface area contributed by atoms with Crippen molar-refractivity contribution in [2.45, 2.75) is 51.4 Å². The Labute approximate surface area is 165 Å². The highest BCUT2D eigenvalue weighted by Crippen LogP contribution is 2.37. The number of nitrogens with zero attached hydrogens (tertiary/aromatic N) is 5. The number of carbonyl (C=O) groups is 1. The van der Waals surface area contributed by atoms with Crippen LogP contribution in [0.3, 0.4) is 0 Å². The Balaban J connectivity index is 1.49. The van der Waals surface area contributed by atoms with Crippen LogP contribution in [0.1, 0.15) is 55.8 Å². The van der Waals surface area contributed by atoms with E-state index in [0.717, 1.165) is 74.8 Å². The van der Waals surface area contributed by atoms with Crippen LogP contribution < -0.4 is 4.90 Å². The molecule has 0 bridgehead atoms. The van der Waals surface area contributed by atoms with Gasteiger partial charge in [0.2, 0.25) is 11.9 Å². The summed E-state index contributed by atoms with van der Waals surface area (Å²) in [4.78, 5) is 26.6. The maximum Gasteiger partial charge on any atom is 0.225 e. The monoisotopic (exact) mass is 381 g/mol. The van der Waals surface area contributed by atoms with E-state index in [4.69, 9.17) is 9.51 Å². The van der Waals surface area contributed by atoms with Crippen LogP contribution in [-0.2, 0) is 4.79 Å². The lowest BCUT2D eigenvalue weighted by Gasteiger charge is -2.33. The van der Waals surface area contributed by atoms with E-state index in [1.807, 2.05) is 19.2 Å². The summed E-state index contributed by atoms with van der Waals surface area (Å²) < 4.78 is 5.55. The quantitative estimate of drug-likeness (QED) is 0.810. The van der Waals surface area contributed by atoms with Crippen molar-refractivity contribution in [2.75, 3.05) is 31.1 Å². The Bertz CT molecular complexity index is 869. The fraction of sp³-hybridized carbons (Fsp3) is 0.619. The van der Waals surface area contributed by atoms with Gasteiger partial charge in [0.15, 0.2) is 5.76 Å². The Kier molecular flexibility index (Phi) is 4.53. The van der Waals surface area contributed by atoms with Gasteiger partial charge in [-0.15, -0.1) is 0 Å². The van der Waals surface area contributed by atoms with Gasteiger partial charge in [0, 0.05) is 50.3 Å². The summed E-state index contributed by atoms with van der Waals surface area (Å²) in [6.07, 6.45) is 8.41. The van der Waals surface area contributed by atoms with E-state index in [1.54, 1.807) is 0 Å². The molecule has 1 aliphatic carbocycles. The molecular weight excluding hydrogens is 354 g/mol. The van der Waals surface area contributed by atoms with Crippen molar-refractivity contribution in [1.82, 2.24) is 20.0 Å². The highest BCUT2D eigenvalue weighted by atomic mass is 16.5. The number of carbonyl (C=O) groups excluding carboxylic acids is 1. The molecule has 0 N–H and O–H groups in total. The van der Waals surface area contributed by atoms with Crippen molar-refractivity contribution in [2.24, 2.45) is 5.92 Å². The normalized spacial score (nSPS) is 22.7. The molecule has 2 aromatic heterocycles. The number of rotatable bonds is 4. The second-order valence-electron chi connectivity index (χ2n) is 8.39. The molecule has 5 rings (SSSR count). The van der Waals surface area contributed by atoms with Gasteiger partial charge in [0.25, 0.3) is 0 Å². The molecule has 7 heteroatoms. The molecule has 3 fully saturated rings. The first kappa shape index (κ1) is 17.6. The zero-order valence-corrected chi connectivity index (χ0v) is 16.4. The Morgan fingerprint density at radius 3 is 2.68 bits per heavy atom. The molecular formula is C21H27N5O2. The largest absolute Gasteiger partial charge is 0.356 e. The Hall–Kier alpha value is -2.44. The van der Waals surface area contributed by atoms with Crippen molar-refractivity contribution < 1.29 is 9.32 Å². The van der Waals surface area contributed by atoms with Crippen molar-refractivity contribution in [3.63, 3.8) is 0 Å². The van der Waals surface area contributed by atoms with E-state index in [0.29, 0.717) is 11.7 Å². The summed E-state index contributed by atoms with van der Waals surface area (Å²) in [7, 11) is 0. The second kappa shape index (κ2) is 7.18. The number of amides is 1. The van der Waals surface area contributed by atoms with E-state index < -0.39 is 0 Å². The van der Waals surface area contributed by atoms with Crippen LogP contribution in [0.15, 0.2) is 16.8 Å². The predicted octanol–water partition coefficient (Wildman–Crippen LogP) is 3.16. The zero-order valence-electron chi connectivity index (χ0n) is 16.4. The van der Waals surface area contributed by atoms with E-state index in [9.17, 15) is 4.79 Å². The first-order valence-electron chi connectivity index (χ1n) is 10.5. The van der Waals surface area contributed by atoms with E-state index >= 15 is 0 Å². The Morgan fingerprint density at radius 2 is 1.96 bits per heavy atom. The van der Waals surface area contributed by atoms with Gasteiger partial charge >= 0.3 is 0 Å². The van der Waals surface area contributed by atoms with E-state index in [1.165, 1.54) is 12.8 Å². The average molecular weight is 381 g/mol. The topological polar surface area (TPSA) is 75.4 Å². The lowest BCUT2D eigenvalue weighted by atomic mass is 9.91. The molecule has 0 spiro atoms. The minimum atomic E-state index is 0.209. The zero-order chi connectivity index (χ0) is 19.1. The molecule has 1 amide bonds. The van der Waals surface area contributed by atoms with Crippen molar-refractivity contribution >= 4 is 11.9 Å². The number of hydrogen-bond donors (Lipinski definition) is 0. The summed E-state index contributed by atoms with van der Waals surface area (Å²) >= 11 is 0. The molecule has 0 aromatic carbocycles. The first-order valence-corrected chi connectivity index (χ1v) is 10.5. The lowest BCUT2D eigenvalue weighted by molar-refractivity contribution is -0.133. The number of anilines is 1. The molecule has 148 valence electrons. The fourth-order valence-corrected chi connectivity index (χ4v) is 4.44. The van der Waals surface area contributed by atoms with Gasteiger partial charge < -0.3 is 14.3 Å². The van der Waals surface area contributed by atoms with E-state index in [2.05, 4.69) is 19.9 Å². The van der Waals surface area contributed by atoms with Crippen LogP contribution in [0.4, 0.5) is 5.95 Å². The predicted molar refractivity (Wildman–Crippen MR) is 105 cm³/mol. The molecule has 2 saturated heterocycles. The number of aromatic nitrogens is 3. The third-order valence-corrected chi connectivity index (χ3v) is 6.13. The SMILES string of the molecule is Cc1cc(-c2cnc(N3CCCC3)nc2[C@@H]2CCCN(C(=O)C3CC3)C2)on1. The second-order valence-corrected chi connectivity index (χ2v) is 8.39. The van der Waals surface area contributed by atoms with Crippen molar-refractivity contribution in [3.05, 3.63) is 23.7 Å². The number of piperidine rings is 1. The van der Waals surface area contributed by atoms with E-state index in [-0.39, 0.29) is 11.8 Å². The first-order chi connectivity index (χ1) is 13.7. The molecule has 2 aliphatic heterocycles. The minimum Gasteiger partial charge on any atom is -0.356 e. The number of likely N-dealkylation sites (tertiary alicyclic amines) is 1. The summed E-state index contributed by atoms with van der Waals surface area (Å²) in [6, 6.07) is 1.94. The molecule has 0 unspecified atom stereocenters. The molecule has 4 heterocycles. The summed E-state index contributed by atoms with van der Waals surface area (Å²) in [6.45, 7) is 5.55. The summed E-state index contributed by atoms with van der Waals surface area (Å²) in [5, 5.41) is 4.05. The van der Waals surface area contributed by atoms with Gasteiger partial charge in [0.1, 0.15) is 0 Å². The van der Waals surface area contributed by atoms with Gasteiger partial charge in [-0.1, -0.05) is 5.16 Å². The van der Waals surface area contributed by atoms with Crippen LogP contribution in [0, 0.1) is 12.8 Å². The maximum atomic E-state index is 12.6. The average Bonchev–Trinajstić information content (AvgIpc) is 3.25. The smallest absolute Gasteiger partial charge is 0.225 e. The third-order valence-electron chi connectivity index (χ3n) is 6.13. The molecule has 1 saturated carbocycles. The van der Waals surface area contributed by atoms with Gasteiger partial charge in [-0.2, -0.15) is 0 Å². The van der Waals surface area contributed by atoms with Gasteiger partial charge in [-0.3, -0.25) is 4.79 Å². The van der Waals surface area contributed by atoms with Crippen LogP contribution in [-0.4, -0.2) is 52.1 Å². The molecule has 28 heavy (non-hydrogen) atoms. The standard InChI is InChI=1S/C21H27N5O2/c1-14-11-18(28-24-14)17-12-22-21(25-8-2-3-9-25)23-19(17)16-5-4-10-26(13-16)20(27)15-6-7-15/h11-12,15-16H,2-10,13H2,1H3/t16-/m1/s1. The maximum absolute atomic E-state index is 12.6. The minimum absolute atomic E-state index is 0.209. The molecule has 2 aromatic rings. The van der Waals surface area contributed by atoms with Crippen LogP contribution in [0.25, 0.3) is 11.3 Å². The van der Waals surface area contributed by atoms with Gasteiger partial charge in [-0.25, -0.2) is 9.97 Å². The Morgan fingerprint density at radius 1 is 1.14 bits per heavy atom. The number of aryl methyl sites for hydroxylation is 1.